The van der Waals surface area contributed by atoms with Gasteiger partial charge in [0, 0.05) is 35.7 Å². The molecule has 0 aliphatic carbocycles. The molecule has 0 radical (unpaired) electrons. The molecule has 1 atom stereocenters. The van der Waals surface area contributed by atoms with Crippen LogP contribution in [0.5, 0.6) is 0 Å². The Hall–Kier alpha value is -2.89. The van der Waals surface area contributed by atoms with Crippen LogP contribution in [-0.4, -0.2) is 25.5 Å². The topological polar surface area (TPSA) is 64.7 Å². The van der Waals surface area contributed by atoms with Gasteiger partial charge in [-0.05, 0) is 32.9 Å². The number of aryl methyl sites for hydroxylation is 2. The predicted molar refractivity (Wildman–Crippen MR) is 96.0 cm³/mol. The standard InChI is InChI=1S/C19H21N5O/c1-4-23-13(3)18(12(2)22-23)15-10-17(25)21-19-16(15)11-20-24(19)14-8-6-5-7-9-14/h5-9,11,15H,4,10H2,1-3H3,(H,21,25). The third-order valence-electron chi connectivity index (χ3n) is 4.91. The normalized spacial score (nSPS) is 16.6. The Morgan fingerprint density at radius 3 is 2.68 bits per heavy atom. The average Bonchev–Trinajstić information content (AvgIpc) is 3.15. The van der Waals surface area contributed by atoms with E-state index in [4.69, 9.17) is 0 Å². The van der Waals surface area contributed by atoms with Gasteiger partial charge in [-0.1, -0.05) is 18.2 Å². The summed E-state index contributed by atoms with van der Waals surface area (Å²) in [5.41, 5.74) is 5.23. The number of benzene rings is 1. The van der Waals surface area contributed by atoms with Gasteiger partial charge in [0.25, 0.3) is 0 Å². The van der Waals surface area contributed by atoms with Gasteiger partial charge in [0.15, 0.2) is 0 Å². The van der Waals surface area contributed by atoms with E-state index in [-0.39, 0.29) is 11.8 Å². The first-order chi connectivity index (χ1) is 12.1. The molecule has 4 rings (SSSR count). The van der Waals surface area contributed by atoms with E-state index in [1.54, 1.807) is 4.68 Å². The summed E-state index contributed by atoms with van der Waals surface area (Å²) in [4.78, 5) is 12.4. The van der Waals surface area contributed by atoms with Crippen molar-refractivity contribution < 1.29 is 4.79 Å². The molecule has 3 heterocycles. The van der Waals surface area contributed by atoms with Gasteiger partial charge < -0.3 is 5.32 Å². The predicted octanol–water partition coefficient (Wildman–Crippen LogP) is 3.18. The maximum absolute atomic E-state index is 12.4. The Morgan fingerprint density at radius 2 is 2.00 bits per heavy atom. The lowest BCUT2D eigenvalue weighted by atomic mass is 9.86. The third-order valence-corrected chi connectivity index (χ3v) is 4.91. The quantitative estimate of drug-likeness (QED) is 0.799. The van der Waals surface area contributed by atoms with Crippen LogP contribution in [0.15, 0.2) is 36.5 Å². The Balaban J connectivity index is 1.86. The van der Waals surface area contributed by atoms with E-state index in [0.29, 0.717) is 6.42 Å². The van der Waals surface area contributed by atoms with Gasteiger partial charge >= 0.3 is 0 Å². The number of carbonyl (C=O) groups excluding carboxylic acids is 1. The number of carbonyl (C=O) groups is 1. The second kappa shape index (κ2) is 5.88. The Kier molecular flexibility index (Phi) is 3.67. The van der Waals surface area contributed by atoms with Crippen LogP contribution in [0.3, 0.4) is 0 Å². The van der Waals surface area contributed by atoms with E-state index in [2.05, 4.69) is 29.4 Å². The summed E-state index contributed by atoms with van der Waals surface area (Å²) in [5, 5.41) is 12.2. The summed E-state index contributed by atoms with van der Waals surface area (Å²) in [6, 6.07) is 9.85. The first-order valence-corrected chi connectivity index (χ1v) is 8.57. The molecule has 25 heavy (non-hydrogen) atoms. The van der Waals surface area contributed by atoms with Gasteiger partial charge in [-0.3, -0.25) is 9.48 Å². The summed E-state index contributed by atoms with van der Waals surface area (Å²) < 4.78 is 3.80. The molecule has 1 unspecified atom stereocenters. The van der Waals surface area contributed by atoms with Gasteiger partial charge in [-0.15, -0.1) is 0 Å². The molecule has 1 aliphatic rings. The lowest BCUT2D eigenvalue weighted by Gasteiger charge is -2.24. The molecule has 0 bridgehead atoms. The minimum absolute atomic E-state index is 0.0122. The zero-order valence-corrected chi connectivity index (χ0v) is 14.7. The largest absolute Gasteiger partial charge is 0.310 e. The second-order valence-electron chi connectivity index (χ2n) is 6.40. The van der Waals surface area contributed by atoms with Crippen LogP contribution < -0.4 is 5.32 Å². The SMILES string of the molecule is CCn1nc(C)c(C2CC(=O)Nc3c2cnn3-c2ccccc2)c1C. The summed E-state index contributed by atoms with van der Waals surface area (Å²) in [5.74, 6) is 0.759. The monoisotopic (exact) mass is 335 g/mol. The van der Waals surface area contributed by atoms with Gasteiger partial charge in [0.1, 0.15) is 5.82 Å². The minimum atomic E-state index is -0.0125. The fourth-order valence-corrected chi connectivity index (χ4v) is 3.77. The van der Waals surface area contributed by atoms with E-state index in [1.807, 2.05) is 48.1 Å². The van der Waals surface area contributed by atoms with Crippen molar-refractivity contribution in [3.63, 3.8) is 0 Å². The minimum Gasteiger partial charge on any atom is -0.310 e. The molecular weight excluding hydrogens is 314 g/mol. The van der Waals surface area contributed by atoms with Crippen molar-refractivity contribution in [2.75, 3.05) is 5.32 Å². The highest BCUT2D eigenvalue weighted by molar-refractivity contribution is 5.94. The molecule has 1 N–H and O–H groups in total. The summed E-state index contributed by atoms with van der Waals surface area (Å²) >= 11 is 0. The molecule has 1 aliphatic heterocycles. The Morgan fingerprint density at radius 1 is 1.24 bits per heavy atom. The Bertz CT molecular complexity index is 938. The number of hydrogen-bond acceptors (Lipinski definition) is 3. The number of fused-ring (bicyclic) bond motifs is 1. The number of hydrogen-bond donors (Lipinski definition) is 1. The van der Waals surface area contributed by atoms with Crippen LogP contribution in [0.2, 0.25) is 0 Å². The molecule has 6 heteroatoms. The Labute approximate surface area is 146 Å². The molecule has 128 valence electrons. The summed E-state index contributed by atoms with van der Waals surface area (Å²) in [7, 11) is 0. The fraction of sp³-hybridized carbons (Fsp3) is 0.316. The maximum atomic E-state index is 12.4. The molecule has 0 spiro atoms. The zero-order valence-electron chi connectivity index (χ0n) is 14.7. The number of rotatable bonds is 3. The first kappa shape index (κ1) is 15.6. The highest BCUT2D eigenvalue weighted by Crippen LogP contribution is 2.40. The third kappa shape index (κ3) is 2.45. The van der Waals surface area contributed by atoms with Crippen LogP contribution in [-0.2, 0) is 11.3 Å². The highest BCUT2D eigenvalue weighted by Gasteiger charge is 2.33. The molecule has 6 nitrogen and oxygen atoms in total. The highest BCUT2D eigenvalue weighted by atomic mass is 16.1. The van der Waals surface area contributed by atoms with E-state index in [0.717, 1.165) is 40.6 Å². The second-order valence-corrected chi connectivity index (χ2v) is 6.40. The van der Waals surface area contributed by atoms with Gasteiger partial charge in [0.05, 0.1) is 17.6 Å². The van der Waals surface area contributed by atoms with E-state index >= 15 is 0 Å². The molecular formula is C19H21N5O. The maximum Gasteiger partial charge on any atom is 0.226 e. The summed E-state index contributed by atoms with van der Waals surface area (Å²) in [6.45, 7) is 6.99. The van der Waals surface area contributed by atoms with Crippen LogP contribution in [0.4, 0.5) is 5.82 Å². The fourth-order valence-electron chi connectivity index (χ4n) is 3.77. The van der Waals surface area contributed by atoms with Crippen molar-refractivity contribution in [2.45, 2.75) is 39.7 Å². The molecule has 1 aromatic carbocycles. The summed E-state index contributed by atoms with van der Waals surface area (Å²) in [6.07, 6.45) is 2.29. The first-order valence-electron chi connectivity index (χ1n) is 8.57. The van der Waals surface area contributed by atoms with Crippen LogP contribution in [0.1, 0.15) is 41.8 Å². The number of amides is 1. The van der Waals surface area contributed by atoms with Crippen molar-refractivity contribution in [1.82, 2.24) is 19.6 Å². The van der Waals surface area contributed by atoms with Crippen molar-refractivity contribution in [3.05, 3.63) is 59.0 Å². The number of para-hydroxylation sites is 1. The van der Waals surface area contributed by atoms with Crippen molar-refractivity contribution >= 4 is 11.7 Å². The molecule has 2 aromatic heterocycles. The van der Waals surface area contributed by atoms with Crippen LogP contribution in [0.25, 0.3) is 5.69 Å². The number of anilines is 1. The zero-order chi connectivity index (χ0) is 17.6. The van der Waals surface area contributed by atoms with Gasteiger partial charge in [0.2, 0.25) is 5.91 Å². The smallest absolute Gasteiger partial charge is 0.226 e. The average molecular weight is 335 g/mol. The molecule has 0 fully saturated rings. The number of nitrogens with zero attached hydrogens (tertiary/aromatic N) is 4. The molecule has 3 aromatic rings. The molecule has 0 saturated heterocycles. The van der Waals surface area contributed by atoms with Crippen molar-refractivity contribution in [1.29, 1.82) is 0 Å². The van der Waals surface area contributed by atoms with E-state index in [1.165, 1.54) is 0 Å². The van der Waals surface area contributed by atoms with Crippen molar-refractivity contribution in [3.8, 4) is 5.69 Å². The van der Waals surface area contributed by atoms with E-state index in [9.17, 15) is 4.79 Å². The number of aromatic nitrogens is 4. The lowest BCUT2D eigenvalue weighted by molar-refractivity contribution is -0.116. The molecule has 0 saturated carbocycles. The lowest BCUT2D eigenvalue weighted by Crippen LogP contribution is -2.25. The van der Waals surface area contributed by atoms with E-state index < -0.39 is 0 Å². The van der Waals surface area contributed by atoms with Gasteiger partial charge in [-0.25, -0.2) is 4.68 Å². The van der Waals surface area contributed by atoms with Gasteiger partial charge in [-0.2, -0.15) is 10.2 Å². The number of nitrogens with one attached hydrogen (secondary N) is 1. The van der Waals surface area contributed by atoms with Crippen LogP contribution in [0, 0.1) is 13.8 Å². The van der Waals surface area contributed by atoms with Crippen molar-refractivity contribution in [2.24, 2.45) is 0 Å². The molecule has 1 amide bonds. The van der Waals surface area contributed by atoms with Crippen LogP contribution >= 0.6 is 0 Å².